The molecule has 3 rings (SSSR count). The van der Waals surface area contributed by atoms with Crippen molar-refractivity contribution in [3.05, 3.63) is 30.1 Å². The van der Waals surface area contributed by atoms with E-state index in [0.29, 0.717) is 24.5 Å². The van der Waals surface area contributed by atoms with Crippen LogP contribution < -0.4 is 11.1 Å². The van der Waals surface area contributed by atoms with Gasteiger partial charge in [-0.15, -0.1) is 0 Å². The lowest BCUT2D eigenvalue weighted by atomic mass is 10.1. The number of nitrogens with two attached hydrogens (primary N) is 1. The Morgan fingerprint density at radius 1 is 1.50 bits per heavy atom. The number of carbonyl (C=O) groups is 1. The number of nitrogens with one attached hydrogen (secondary N) is 2. The van der Waals surface area contributed by atoms with Crippen molar-refractivity contribution in [1.82, 2.24) is 15.2 Å². The van der Waals surface area contributed by atoms with Gasteiger partial charge in [-0.3, -0.25) is 9.89 Å². The number of hydrogen-bond donors (Lipinski definition) is 3. The Morgan fingerprint density at radius 3 is 3.05 bits per heavy atom. The summed E-state index contributed by atoms with van der Waals surface area (Å²) < 4.78 is 5.60. The molecule has 2 aromatic rings. The topological polar surface area (TPSA) is 106 Å². The Hall–Kier alpha value is -2.25. The molecule has 0 bridgehead atoms. The van der Waals surface area contributed by atoms with E-state index in [1.165, 1.54) is 0 Å². The largest absolute Gasteiger partial charge is 0.364 e. The van der Waals surface area contributed by atoms with Gasteiger partial charge in [-0.2, -0.15) is 5.10 Å². The number of amides is 1. The van der Waals surface area contributed by atoms with Crippen molar-refractivity contribution in [2.24, 2.45) is 5.73 Å². The quantitative estimate of drug-likeness (QED) is 0.787. The van der Waals surface area contributed by atoms with Gasteiger partial charge in [0.05, 0.1) is 6.10 Å². The molecule has 2 atom stereocenters. The van der Waals surface area contributed by atoms with E-state index in [9.17, 15) is 4.79 Å². The van der Waals surface area contributed by atoms with Crippen molar-refractivity contribution in [2.75, 3.05) is 11.9 Å². The minimum atomic E-state index is -0.428. The van der Waals surface area contributed by atoms with Gasteiger partial charge in [0.25, 0.3) is 5.91 Å². The number of aromatic nitrogens is 3. The third-order valence-corrected chi connectivity index (χ3v) is 3.65. The number of anilines is 1. The number of ether oxygens (including phenoxy) is 1. The predicted molar refractivity (Wildman–Crippen MR) is 82.1 cm³/mol. The lowest BCUT2D eigenvalue weighted by Gasteiger charge is -2.13. The molecule has 1 aromatic carbocycles. The summed E-state index contributed by atoms with van der Waals surface area (Å²) in [5.74, 6) is 1.21. The third-order valence-electron chi connectivity index (χ3n) is 3.65. The molecule has 1 fully saturated rings. The molecule has 7 heteroatoms. The molecule has 1 saturated heterocycles. The fraction of sp³-hybridized carbons (Fsp3) is 0.400. The average Bonchev–Trinajstić information content (AvgIpc) is 3.16. The van der Waals surface area contributed by atoms with Crippen LogP contribution in [0.15, 0.2) is 24.3 Å². The fourth-order valence-electron chi connectivity index (χ4n) is 2.50. The molecule has 1 amide bonds. The van der Waals surface area contributed by atoms with E-state index in [1.807, 2.05) is 31.2 Å². The maximum atomic E-state index is 12.2. The fourth-order valence-corrected chi connectivity index (χ4v) is 2.50. The molecule has 1 aromatic heterocycles. The number of aryl methyl sites for hydroxylation is 1. The third kappa shape index (κ3) is 3.15. The van der Waals surface area contributed by atoms with Crippen LogP contribution in [0.5, 0.6) is 0 Å². The molecule has 0 unspecified atom stereocenters. The summed E-state index contributed by atoms with van der Waals surface area (Å²) in [6.45, 7) is 2.29. The molecule has 1 aliphatic heterocycles. The monoisotopic (exact) mass is 301 g/mol. The molecule has 0 radical (unpaired) electrons. The highest BCUT2D eigenvalue weighted by molar-refractivity contribution is 5.94. The molecule has 0 aliphatic carbocycles. The van der Waals surface area contributed by atoms with Gasteiger partial charge in [0.1, 0.15) is 11.9 Å². The van der Waals surface area contributed by atoms with Gasteiger partial charge in [0.2, 0.25) is 0 Å². The Labute approximate surface area is 128 Å². The van der Waals surface area contributed by atoms with E-state index in [-0.39, 0.29) is 12.0 Å². The van der Waals surface area contributed by atoms with Crippen LogP contribution in [0.1, 0.15) is 18.7 Å². The smallest absolute Gasteiger partial charge is 0.253 e. The summed E-state index contributed by atoms with van der Waals surface area (Å²) in [6.07, 6.45) is 1.08. The standard InChI is InChI=1S/C15H19N5O2/c1-9-17-14(20-19-9)10-3-2-4-11(7-10)18-15(21)13-6-5-12(8-16)22-13/h2-4,7,12-13H,5-6,8,16H2,1H3,(H,18,21)(H,17,19,20)/t12-,13+/m1/s1. The number of nitrogens with zero attached hydrogens (tertiary/aromatic N) is 2. The van der Waals surface area contributed by atoms with Crippen molar-refractivity contribution in [2.45, 2.75) is 32.0 Å². The minimum Gasteiger partial charge on any atom is -0.364 e. The highest BCUT2D eigenvalue weighted by Crippen LogP contribution is 2.22. The minimum absolute atomic E-state index is 0.0154. The Balaban J connectivity index is 1.69. The first kappa shape index (κ1) is 14.7. The highest BCUT2D eigenvalue weighted by atomic mass is 16.5. The van der Waals surface area contributed by atoms with Gasteiger partial charge in [0, 0.05) is 17.8 Å². The summed E-state index contributed by atoms with van der Waals surface area (Å²) in [5.41, 5.74) is 7.10. The molecular formula is C15H19N5O2. The Morgan fingerprint density at radius 2 is 2.36 bits per heavy atom. The molecule has 1 aliphatic rings. The normalized spacial score (nSPS) is 21.0. The molecule has 22 heavy (non-hydrogen) atoms. The Bertz CT molecular complexity index is 669. The van der Waals surface area contributed by atoms with Crippen molar-refractivity contribution < 1.29 is 9.53 Å². The van der Waals surface area contributed by atoms with E-state index in [4.69, 9.17) is 10.5 Å². The number of rotatable bonds is 4. The van der Waals surface area contributed by atoms with Gasteiger partial charge in [-0.1, -0.05) is 12.1 Å². The van der Waals surface area contributed by atoms with Gasteiger partial charge < -0.3 is 15.8 Å². The van der Waals surface area contributed by atoms with Crippen LogP contribution >= 0.6 is 0 Å². The lowest BCUT2D eigenvalue weighted by Crippen LogP contribution is -2.29. The van der Waals surface area contributed by atoms with Crippen LogP contribution in [0.3, 0.4) is 0 Å². The van der Waals surface area contributed by atoms with Crippen LogP contribution in [0, 0.1) is 6.92 Å². The second-order valence-corrected chi connectivity index (χ2v) is 5.37. The maximum absolute atomic E-state index is 12.2. The van der Waals surface area contributed by atoms with Crippen molar-refractivity contribution in [1.29, 1.82) is 0 Å². The van der Waals surface area contributed by atoms with E-state index >= 15 is 0 Å². The molecule has 7 nitrogen and oxygen atoms in total. The average molecular weight is 301 g/mol. The number of hydrogen-bond acceptors (Lipinski definition) is 5. The zero-order chi connectivity index (χ0) is 15.5. The molecule has 0 saturated carbocycles. The molecule has 2 heterocycles. The van der Waals surface area contributed by atoms with E-state index < -0.39 is 6.10 Å². The van der Waals surface area contributed by atoms with Crippen LogP contribution in [0.2, 0.25) is 0 Å². The predicted octanol–water partition coefficient (Wildman–Crippen LogP) is 1.22. The zero-order valence-electron chi connectivity index (χ0n) is 12.4. The highest BCUT2D eigenvalue weighted by Gasteiger charge is 2.29. The summed E-state index contributed by atoms with van der Waals surface area (Å²) in [7, 11) is 0. The Kier molecular flexibility index (Phi) is 4.17. The lowest BCUT2D eigenvalue weighted by molar-refractivity contribution is -0.126. The summed E-state index contributed by atoms with van der Waals surface area (Å²) in [5, 5.41) is 9.80. The maximum Gasteiger partial charge on any atom is 0.253 e. The van der Waals surface area contributed by atoms with Crippen molar-refractivity contribution in [3.8, 4) is 11.4 Å². The van der Waals surface area contributed by atoms with Crippen LogP contribution in [0.4, 0.5) is 5.69 Å². The molecule has 4 N–H and O–H groups in total. The van der Waals surface area contributed by atoms with Gasteiger partial charge >= 0.3 is 0 Å². The first-order valence-electron chi connectivity index (χ1n) is 7.31. The second-order valence-electron chi connectivity index (χ2n) is 5.37. The van der Waals surface area contributed by atoms with Crippen molar-refractivity contribution >= 4 is 11.6 Å². The van der Waals surface area contributed by atoms with Crippen LogP contribution in [-0.2, 0) is 9.53 Å². The van der Waals surface area contributed by atoms with E-state index in [1.54, 1.807) is 0 Å². The number of aromatic amines is 1. The van der Waals surface area contributed by atoms with E-state index in [0.717, 1.165) is 17.8 Å². The molecular weight excluding hydrogens is 282 g/mol. The van der Waals surface area contributed by atoms with Crippen LogP contribution in [-0.4, -0.2) is 39.8 Å². The molecule has 116 valence electrons. The SMILES string of the molecule is Cc1nc(-c2cccc(NC(=O)[C@@H]3CC[C@H](CN)O3)c2)n[nH]1. The number of H-pyrrole nitrogens is 1. The molecule has 0 spiro atoms. The number of benzene rings is 1. The summed E-state index contributed by atoms with van der Waals surface area (Å²) >= 11 is 0. The van der Waals surface area contributed by atoms with Gasteiger partial charge in [-0.25, -0.2) is 4.98 Å². The number of carbonyl (C=O) groups excluding carboxylic acids is 1. The van der Waals surface area contributed by atoms with Crippen LogP contribution in [0.25, 0.3) is 11.4 Å². The second kappa shape index (κ2) is 6.25. The first-order valence-corrected chi connectivity index (χ1v) is 7.31. The summed E-state index contributed by atoms with van der Waals surface area (Å²) in [4.78, 5) is 16.5. The summed E-state index contributed by atoms with van der Waals surface area (Å²) in [6, 6.07) is 7.43. The zero-order valence-corrected chi connectivity index (χ0v) is 12.4. The van der Waals surface area contributed by atoms with Gasteiger partial charge in [-0.05, 0) is 31.9 Å². The van der Waals surface area contributed by atoms with Gasteiger partial charge in [0.15, 0.2) is 5.82 Å². The van der Waals surface area contributed by atoms with E-state index in [2.05, 4.69) is 20.5 Å². The first-order chi connectivity index (χ1) is 10.7. The van der Waals surface area contributed by atoms with Crippen molar-refractivity contribution in [3.63, 3.8) is 0 Å².